The maximum absolute atomic E-state index is 3.65. The first-order chi connectivity index (χ1) is 9.91. The lowest BCUT2D eigenvalue weighted by atomic mass is 9.86. The third-order valence-electron chi connectivity index (χ3n) is 4.80. The Bertz CT molecular complexity index is 426. The van der Waals surface area contributed by atoms with E-state index >= 15 is 0 Å². The molecular weight excluding hydrogens is 256 g/mol. The van der Waals surface area contributed by atoms with Crippen molar-refractivity contribution in [1.29, 1.82) is 0 Å². The molecular formula is C19H32N2. The van der Waals surface area contributed by atoms with Gasteiger partial charge in [-0.05, 0) is 43.0 Å². The predicted octanol–water partition coefficient (Wildman–Crippen LogP) is 4.12. The summed E-state index contributed by atoms with van der Waals surface area (Å²) in [6.07, 6.45) is 4.15. The summed E-state index contributed by atoms with van der Waals surface area (Å²) in [5.41, 5.74) is 3.06. The van der Waals surface area contributed by atoms with Crippen LogP contribution in [0, 0.1) is 0 Å². The van der Waals surface area contributed by atoms with E-state index in [2.05, 4.69) is 69.2 Å². The molecule has 21 heavy (non-hydrogen) atoms. The standard InChI is InChI=1S/C19H32N2/c1-6-20-18(14-21(5)17-8-7-9-17)15-10-12-16(13-11-15)19(2,3)4/h10-13,17-18,20H,6-9,14H2,1-5H3. The Kier molecular flexibility index (Phi) is 5.45. The van der Waals surface area contributed by atoms with Crippen LogP contribution in [0.3, 0.4) is 0 Å². The Morgan fingerprint density at radius 3 is 2.24 bits per heavy atom. The second kappa shape index (κ2) is 6.93. The maximum atomic E-state index is 3.65. The van der Waals surface area contributed by atoms with Crippen LogP contribution in [0.15, 0.2) is 24.3 Å². The summed E-state index contributed by atoms with van der Waals surface area (Å²) < 4.78 is 0. The van der Waals surface area contributed by atoms with Crippen LogP contribution in [0.1, 0.15) is 64.1 Å². The number of nitrogens with zero attached hydrogens (tertiary/aromatic N) is 1. The topological polar surface area (TPSA) is 15.3 Å². The summed E-state index contributed by atoms with van der Waals surface area (Å²) in [6, 6.07) is 10.5. The molecule has 1 aliphatic rings. The third kappa shape index (κ3) is 4.31. The van der Waals surface area contributed by atoms with Crippen molar-refractivity contribution in [2.45, 2.75) is 64.5 Å². The average molecular weight is 288 g/mol. The molecule has 118 valence electrons. The summed E-state index contributed by atoms with van der Waals surface area (Å²) in [5.74, 6) is 0. The number of hydrogen-bond donors (Lipinski definition) is 1. The second-order valence-electron chi connectivity index (χ2n) is 7.51. The molecule has 2 rings (SSSR count). The highest BCUT2D eigenvalue weighted by Crippen LogP contribution is 2.27. The van der Waals surface area contributed by atoms with Crippen LogP contribution in [0.2, 0.25) is 0 Å². The minimum Gasteiger partial charge on any atom is -0.309 e. The van der Waals surface area contributed by atoms with Gasteiger partial charge in [0.15, 0.2) is 0 Å². The van der Waals surface area contributed by atoms with Crippen LogP contribution in [0.4, 0.5) is 0 Å². The molecule has 1 N–H and O–H groups in total. The highest BCUT2D eigenvalue weighted by atomic mass is 15.2. The van der Waals surface area contributed by atoms with E-state index in [1.807, 2.05) is 0 Å². The summed E-state index contributed by atoms with van der Waals surface area (Å²) in [4.78, 5) is 2.54. The molecule has 1 aromatic carbocycles. The summed E-state index contributed by atoms with van der Waals surface area (Å²) in [6.45, 7) is 11.1. The maximum Gasteiger partial charge on any atom is 0.0449 e. The van der Waals surface area contributed by atoms with Gasteiger partial charge in [-0.25, -0.2) is 0 Å². The number of rotatable bonds is 6. The van der Waals surface area contributed by atoms with Crippen molar-refractivity contribution < 1.29 is 0 Å². The van der Waals surface area contributed by atoms with E-state index in [4.69, 9.17) is 0 Å². The van der Waals surface area contributed by atoms with Crippen molar-refractivity contribution in [1.82, 2.24) is 10.2 Å². The van der Waals surface area contributed by atoms with Gasteiger partial charge in [0.25, 0.3) is 0 Å². The minimum absolute atomic E-state index is 0.231. The molecule has 2 nitrogen and oxygen atoms in total. The fourth-order valence-electron chi connectivity index (χ4n) is 3.01. The highest BCUT2D eigenvalue weighted by Gasteiger charge is 2.24. The summed E-state index contributed by atoms with van der Waals surface area (Å²) in [7, 11) is 2.28. The zero-order valence-electron chi connectivity index (χ0n) is 14.4. The second-order valence-corrected chi connectivity index (χ2v) is 7.51. The van der Waals surface area contributed by atoms with Crippen LogP contribution in [-0.4, -0.2) is 31.1 Å². The van der Waals surface area contributed by atoms with E-state index < -0.39 is 0 Å². The van der Waals surface area contributed by atoms with E-state index in [9.17, 15) is 0 Å². The largest absolute Gasteiger partial charge is 0.309 e. The Hall–Kier alpha value is -0.860. The summed E-state index contributed by atoms with van der Waals surface area (Å²) >= 11 is 0. The van der Waals surface area contributed by atoms with Gasteiger partial charge in [-0.2, -0.15) is 0 Å². The van der Waals surface area contributed by atoms with E-state index in [1.165, 1.54) is 30.4 Å². The van der Waals surface area contributed by atoms with Gasteiger partial charge in [-0.3, -0.25) is 0 Å². The molecule has 0 aliphatic heterocycles. The van der Waals surface area contributed by atoms with Crippen molar-refractivity contribution in [2.24, 2.45) is 0 Å². The molecule has 1 fully saturated rings. The Morgan fingerprint density at radius 2 is 1.81 bits per heavy atom. The zero-order valence-corrected chi connectivity index (χ0v) is 14.4. The quantitative estimate of drug-likeness (QED) is 0.847. The number of nitrogens with one attached hydrogen (secondary N) is 1. The lowest BCUT2D eigenvalue weighted by molar-refractivity contribution is 0.145. The van der Waals surface area contributed by atoms with Gasteiger partial charge in [0.1, 0.15) is 0 Å². The number of likely N-dealkylation sites (N-methyl/N-ethyl adjacent to an activating group) is 2. The molecule has 1 aliphatic carbocycles. The van der Waals surface area contributed by atoms with Gasteiger partial charge in [0.2, 0.25) is 0 Å². The van der Waals surface area contributed by atoms with Crippen LogP contribution < -0.4 is 5.32 Å². The molecule has 1 atom stereocenters. The Balaban J connectivity index is 2.06. The fourth-order valence-corrected chi connectivity index (χ4v) is 3.01. The van der Waals surface area contributed by atoms with Crippen molar-refractivity contribution in [3.63, 3.8) is 0 Å². The molecule has 0 saturated heterocycles. The molecule has 0 bridgehead atoms. The van der Waals surface area contributed by atoms with Crippen molar-refractivity contribution in [3.05, 3.63) is 35.4 Å². The zero-order chi connectivity index (χ0) is 15.5. The van der Waals surface area contributed by atoms with Crippen LogP contribution >= 0.6 is 0 Å². The predicted molar refractivity (Wildman–Crippen MR) is 91.8 cm³/mol. The first-order valence-electron chi connectivity index (χ1n) is 8.46. The highest BCUT2D eigenvalue weighted by molar-refractivity contribution is 5.29. The third-order valence-corrected chi connectivity index (χ3v) is 4.80. The molecule has 0 amide bonds. The minimum atomic E-state index is 0.231. The van der Waals surface area contributed by atoms with Gasteiger partial charge in [-0.1, -0.05) is 58.4 Å². The molecule has 0 aromatic heterocycles. The normalized spacial score (nSPS) is 17.8. The molecule has 0 radical (unpaired) electrons. The van der Waals surface area contributed by atoms with Crippen LogP contribution in [0.5, 0.6) is 0 Å². The number of benzene rings is 1. The van der Waals surface area contributed by atoms with Crippen molar-refractivity contribution in [2.75, 3.05) is 20.1 Å². The molecule has 0 spiro atoms. The molecule has 1 aromatic rings. The lowest BCUT2D eigenvalue weighted by Crippen LogP contribution is -2.42. The fraction of sp³-hybridized carbons (Fsp3) is 0.684. The van der Waals surface area contributed by atoms with E-state index in [0.29, 0.717) is 6.04 Å². The molecule has 0 heterocycles. The monoisotopic (exact) mass is 288 g/mol. The Labute approximate surface area is 130 Å². The molecule has 1 saturated carbocycles. The average Bonchev–Trinajstić information content (AvgIpc) is 2.35. The first kappa shape index (κ1) is 16.5. The van der Waals surface area contributed by atoms with Crippen molar-refractivity contribution >= 4 is 0 Å². The van der Waals surface area contributed by atoms with Gasteiger partial charge >= 0.3 is 0 Å². The van der Waals surface area contributed by atoms with Crippen LogP contribution in [0.25, 0.3) is 0 Å². The lowest BCUT2D eigenvalue weighted by Gasteiger charge is -2.37. The van der Waals surface area contributed by atoms with E-state index in [1.54, 1.807) is 0 Å². The van der Waals surface area contributed by atoms with Crippen LogP contribution in [-0.2, 0) is 5.41 Å². The van der Waals surface area contributed by atoms with E-state index in [0.717, 1.165) is 19.1 Å². The van der Waals surface area contributed by atoms with E-state index in [-0.39, 0.29) is 5.41 Å². The van der Waals surface area contributed by atoms with Gasteiger partial charge < -0.3 is 10.2 Å². The molecule has 2 heteroatoms. The van der Waals surface area contributed by atoms with Gasteiger partial charge in [-0.15, -0.1) is 0 Å². The first-order valence-corrected chi connectivity index (χ1v) is 8.46. The SMILES string of the molecule is CCNC(CN(C)C1CCC1)c1ccc(C(C)(C)C)cc1. The van der Waals surface area contributed by atoms with Crippen molar-refractivity contribution in [3.8, 4) is 0 Å². The molecule has 1 unspecified atom stereocenters. The number of hydrogen-bond acceptors (Lipinski definition) is 2. The Morgan fingerprint density at radius 1 is 1.19 bits per heavy atom. The summed E-state index contributed by atoms with van der Waals surface area (Å²) in [5, 5.41) is 3.65. The van der Waals surface area contributed by atoms with Gasteiger partial charge in [0, 0.05) is 18.6 Å². The van der Waals surface area contributed by atoms with Gasteiger partial charge in [0.05, 0.1) is 0 Å². The smallest absolute Gasteiger partial charge is 0.0449 e.